The molecule has 1 fully saturated rings. The largest absolute Gasteiger partial charge is 0.497 e. The Morgan fingerprint density at radius 2 is 1.88 bits per heavy atom. The summed E-state index contributed by atoms with van der Waals surface area (Å²) in [5.74, 6) is 3.20. The fraction of sp³-hybridized carbons (Fsp3) is 0.458. The number of likely N-dealkylation sites (tertiary alicyclic amines) is 1. The van der Waals surface area contributed by atoms with Gasteiger partial charge in [0.15, 0.2) is 17.5 Å². The minimum atomic E-state index is 0. The number of piperidine rings is 1. The number of ether oxygens (including phenoxy) is 3. The van der Waals surface area contributed by atoms with E-state index in [9.17, 15) is 0 Å². The van der Waals surface area contributed by atoms with Gasteiger partial charge in [0, 0.05) is 30.8 Å². The van der Waals surface area contributed by atoms with E-state index in [0.29, 0.717) is 37.7 Å². The molecule has 174 valence electrons. The Morgan fingerprint density at radius 3 is 2.62 bits per heavy atom. The Bertz CT molecular complexity index is 907. The zero-order valence-corrected chi connectivity index (χ0v) is 21.1. The fourth-order valence-electron chi connectivity index (χ4n) is 4.42. The molecule has 7 nitrogen and oxygen atoms in total. The molecule has 8 heteroatoms. The van der Waals surface area contributed by atoms with E-state index in [4.69, 9.17) is 19.9 Å². The third-order valence-corrected chi connectivity index (χ3v) is 5.98. The summed E-state index contributed by atoms with van der Waals surface area (Å²) in [5.41, 5.74) is 8.36. The quantitative estimate of drug-likeness (QED) is 0.328. The Morgan fingerprint density at radius 1 is 1.12 bits per heavy atom. The average Bonchev–Trinajstić information content (AvgIpc) is 3.03. The Labute approximate surface area is 207 Å². The van der Waals surface area contributed by atoms with Gasteiger partial charge in [0.2, 0.25) is 0 Å². The van der Waals surface area contributed by atoms with Crippen LogP contribution in [0.4, 0.5) is 5.69 Å². The Kier molecular flexibility index (Phi) is 8.86. The Hall–Kier alpha value is -2.20. The maximum atomic E-state index is 6.22. The molecule has 2 atom stereocenters. The van der Waals surface area contributed by atoms with E-state index in [1.54, 1.807) is 7.11 Å². The summed E-state index contributed by atoms with van der Waals surface area (Å²) in [6.45, 7) is 3.09. The molecule has 2 aliphatic rings. The van der Waals surface area contributed by atoms with E-state index in [1.165, 1.54) is 12.0 Å². The molecule has 2 aliphatic heterocycles. The summed E-state index contributed by atoms with van der Waals surface area (Å²) < 4.78 is 16.8. The molecule has 0 radical (unpaired) electrons. The summed E-state index contributed by atoms with van der Waals surface area (Å²) in [7, 11) is 3.88. The van der Waals surface area contributed by atoms with Crippen LogP contribution in [-0.4, -0.2) is 51.3 Å². The predicted molar refractivity (Wildman–Crippen MR) is 139 cm³/mol. The number of rotatable bonds is 5. The van der Waals surface area contributed by atoms with Crippen LogP contribution >= 0.6 is 24.0 Å². The number of hydrogen-bond acceptors (Lipinski definition) is 5. The fourth-order valence-corrected chi connectivity index (χ4v) is 4.42. The Balaban J connectivity index is 0.00000289. The van der Waals surface area contributed by atoms with Crippen molar-refractivity contribution in [2.45, 2.75) is 25.3 Å². The minimum absolute atomic E-state index is 0. The number of anilines is 1. The van der Waals surface area contributed by atoms with E-state index in [-0.39, 0.29) is 24.0 Å². The van der Waals surface area contributed by atoms with Crippen LogP contribution < -0.4 is 25.3 Å². The van der Waals surface area contributed by atoms with Crippen molar-refractivity contribution in [3.63, 3.8) is 0 Å². The van der Waals surface area contributed by atoms with Gasteiger partial charge in [-0.15, -0.1) is 24.0 Å². The second kappa shape index (κ2) is 11.6. The van der Waals surface area contributed by atoms with Crippen molar-refractivity contribution in [2.75, 3.05) is 45.8 Å². The summed E-state index contributed by atoms with van der Waals surface area (Å²) in [4.78, 5) is 7.09. The molecule has 1 saturated heterocycles. The van der Waals surface area contributed by atoms with Gasteiger partial charge in [-0.3, -0.25) is 9.89 Å². The highest BCUT2D eigenvalue weighted by atomic mass is 127. The van der Waals surface area contributed by atoms with Gasteiger partial charge in [-0.05, 0) is 62.2 Å². The lowest BCUT2D eigenvalue weighted by Gasteiger charge is -2.39. The summed E-state index contributed by atoms with van der Waals surface area (Å²) >= 11 is 0. The van der Waals surface area contributed by atoms with Gasteiger partial charge in [-0.2, -0.15) is 0 Å². The van der Waals surface area contributed by atoms with Crippen LogP contribution in [0.15, 0.2) is 47.5 Å². The van der Waals surface area contributed by atoms with Gasteiger partial charge in [-0.1, -0.05) is 12.1 Å². The van der Waals surface area contributed by atoms with Gasteiger partial charge in [-0.25, -0.2) is 0 Å². The monoisotopic (exact) mass is 552 g/mol. The van der Waals surface area contributed by atoms with Crippen molar-refractivity contribution in [1.29, 1.82) is 0 Å². The van der Waals surface area contributed by atoms with E-state index in [1.807, 2.05) is 30.3 Å². The van der Waals surface area contributed by atoms with E-state index < -0.39 is 0 Å². The molecule has 0 saturated carbocycles. The normalized spacial score (nSPS) is 21.2. The van der Waals surface area contributed by atoms with Crippen LogP contribution in [0.2, 0.25) is 0 Å². The highest BCUT2D eigenvalue weighted by molar-refractivity contribution is 14.0. The number of nitrogens with two attached hydrogens (primary N) is 1. The van der Waals surface area contributed by atoms with E-state index in [2.05, 4.69) is 34.4 Å². The molecule has 2 unspecified atom stereocenters. The van der Waals surface area contributed by atoms with E-state index >= 15 is 0 Å². The topological polar surface area (TPSA) is 81.3 Å². The molecule has 3 N–H and O–H groups in total. The molecule has 2 heterocycles. The third-order valence-electron chi connectivity index (χ3n) is 5.98. The van der Waals surface area contributed by atoms with Crippen LogP contribution in [0.3, 0.4) is 0 Å². The molecule has 2 aromatic carbocycles. The molecule has 0 aliphatic carbocycles. The summed E-state index contributed by atoms with van der Waals surface area (Å²) in [6.07, 6.45) is 3.17. The smallest absolute Gasteiger partial charge is 0.193 e. The molecule has 32 heavy (non-hydrogen) atoms. The van der Waals surface area contributed by atoms with Gasteiger partial charge in [0.05, 0.1) is 20.3 Å². The van der Waals surface area contributed by atoms with Gasteiger partial charge in [0.1, 0.15) is 5.75 Å². The zero-order valence-electron chi connectivity index (χ0n) is 18.8. The van der Waals surface area contributed by atoms with Crippen molar-refractivity contribution >= 4 is 35.6 Å². The van der Waals surface area contributed by atoms with Crippen LogP contribution in [0, 0.1) is 5.92 Å². The predicted octanol–water partition coefficient (Wildman–Crippen LogP) is 4.28. The number of nitrogens with one attached hydrogen (secondary N) is 1. The molecule has 0 amide bonds. The number of nitrogens with zero attached hydrogens (tertiary/aromatic N) is 2. The van der Waals surface area contributed by atoms with Crippen molar-refractivity contribution in [3.05, 3.63) is 48.0 Å². The standard InChI is InChI=1S/C24H32N4O3.HI/c1-28-12-3-5-18(23(28)17-6-9-20(29-2)10-7-17)16-26-24(25)27-19-8-11-21-22(15-19)31-14-4-13-30-21;/h6-11,15,18,23H,3-5,12-14,16H2,1-2H3,(H3,25,26,27);1H. The molecule has 0 aromatic heterocycles. The first-order valence-electron chi connectivity index (χ1n) is 10.9. The molecular weight excluding hydrogens is 519 g/mol. The zero-order chi connectivity index (χ0) is 21.6. The SMILES string of the molecule is COc1ccc(C2C(CN=C(N)Nc3ccc4c(c3)OCCCO4)CCCN2C)cc1.I. The second-order valence-corrected chi connectivity index (χ2v) is 8.16. The number of guanidine groups is 1. The van der Waals surface area contributed by atoms with Gasteiger partial charge >= 0.3 is 0 Å². The first-order valence-corrected chi connectivity index (χ1v) is 10.9. The number of hydrogen-bond donors (Lipinski definition) is 2. The lowest BCUT2D eigenvalue weighted by atomic mass is 9.85. The first kappa shape index (κ1) is 24.4. The lowest BCUT2D eigenvalue weighted by molar-refractivity contribution is 0.125. The van der Waals surface area contributed by atoms with Crippen LogP contribution in [0.5, 0.6) is 17.2 Å². The van der Waals surface area contributed by atoms with Gasteiger partial charge < -0.3 is 25.3 Å². The summed E-state index contributed by atoms with van der Waals surface area (Å²) in [6, 6.07) is 14.4. The highest BCUT2D eigenvalue weighted by Crippen LogP contribution is 2.36. The van der Waals surface area contributed by atoms with Crippen LogP contribution in [-0.2, 0) is 0 Å². The first-order chi connectivity index (χ1) is 15.1. The number of fused-ring (bicyclic) bond motifs is 1. The number of methoxy groups -OCH3 is 1. The van der Waals surface area contributed by atoms with Crippen LogP contribution in [0.1, 0.15) is 30.9 Å². The van der Waals surface area contributed by atoms with E-state index in [0.717, 1.165) is 42.3 Å². The van der Waals surface area contributed by atoms with Gasteiger partial charge in [0.25, 0.3) is 0 Å². The molecule has 0 bridgehead atoms. The van der Waals surface area contributed by atoms with Crippen molar-refractivity contribution in [1.82, 2.24) is 4.90 Å². The van der Waals surface area contributed by atoms with Crippen LogP contribution in [0.25, 0.3) is 0 Å². The number of halogens is 1. The summed E-state index contributed by atoms with van der Waals surface area (Å²) in [5, 5.41) is 3.19. The lowest BCUT2D eigenvalue weighted by Crippen LogP contribution is -2.38. The molecule has 4 rings (SSSR count). The minimum Gasteiger partial charge on any atom is -0.497 e. The maximum Gasteiger partial charge on any atom is 0.193 e. The molecular formula is C24H33IN4O3. The maximum absolute atomic E-state index is 6.22. The highest BCUT2D eigenvalue weighted by Gasteiger charge is 2.30. The van der Waals surface area contributed by atoms with Crippen molar-refractivity contribution < 1.29 is 14.2 Å². The third kappa shape index (κ3) is 5.98. The number of aliphatic imine (C=N–C) groups is 1. The average molecular weight is 552 g/mol. The molecule has 2 aromatic rings. The number of benzene rings is 2. The van der Waals surface area contributed by atoms with Crippen molar-refractivity contribution in [3.8, 4) is 17.2 Å². The molecule has 0 spiro atoms. The van der Waals surface area contributed by atoms with Crippen molar-refractivity contribution in [2.24, 2.45) is 16.6 Å². The second-order valence-electron chi connectivity index (χ2n) is 8.16.